The van der Waals surface area contributed by atoms with E-state index in [0.29, 0.717) is 11.3 Å². The maximum atomic E-state index is 13.1. The summed E-state index contributed by atoms with van der Waals surface area (Å²) in [5, 5.41) is 0.730. The van der Waals surface area contributed by atoms with E-state index in [1.165, 1.54) is 13.5 Å². The van der Waals surface area contributed by atoms with Gasteiger partial charge < -0.3 is 9.88 Å². The Morgan fingerprint density at radius 1 is 1.03 bits per heavy atom. The fourth-order valence-electron chi connectivity index (χ4n) is 4.76. The van der Waals surface area contributed by atoms with Crippen LogP contribution in [-0.2, 0) is 15.0 Å². The summed E-state index contributed by atoms with van der Waals surface area (Å²) in [6.07, 6.45) is 5.07. The molecule has 2 fully saturated rings. The van der Waals surface area contributed by atoms with E-state index in [-0.39, 0.29) is 32.2 Å². The number of nitrogens with zero attached hydrogens (tertiary/aromatic N) is 3. The van der Waals surface area contributed by atoms with Gasteiger partial charge in [0.1, 0.15) is 0 Å². The Hall–Kier alpha value is -2.23. The molecule has 1 aliphatic carbocycles. The number of fused-ring (bicyclic) bond motifs is 1. The minimum absolute atomic E-state index is 0.0461. The molecule has 9 heteroatoms. The number of aryl methyl sites for hydroxylation is 1. The topological polar surface area (TPSA) is 93.8 Å². The molecule has 1 amide bonds. The van der Waals surface area contributed by atoms with Crippen molar-refractivity contribution in [2.24, 2.45) is 0 Å². The predicted molar refractivity (Wildman–Crippen MR) is 119 cm³/mol. The van der Waals surface area contributed by atoms with Crippen LogP contribution in [-0.4, -0.2) is 77.9 Å². The maximum Gasteiger partial charge on any atom is 0.295 e. The summed E-state index contributed by atoms with van der Waals surface area (Å²) < 4.78 is 29.0. The molecule has 1 aliphatic heterocycles. The van der Waals surface area contributed by atoms with Crippen LogP contribution < -0.4 is 0 Å². The number of nitrogens with one attached hydrogen (secondary N) is 1. The number of carbonyl (C=O) groups is 2. The number of amides is 1. The van der Waals surface area contributed by atoms with E-state index in [4.69, 9.17) is 0 Å². The average Bonchev–Trinajstić information content (AvgIpc) is 3.13. The number of aromatic nitrogens is 1. The summed E-state index contributed by atoms with van der Waals surface area (Å²) in [5.74, 6) is -1.13. The molecule has 1 aromatic carbocycles. The second kappa shape index (κ2) is 8.72. The first-order valence-electron chi connectivity index (χ1n) is 10.9. The summed E-state index contributed by atoms with van der Waals surface area (Å²) in [6.45, 7) is 2.61. The van der Waals surface area contributed by atoms with Crippen molar-refractivity contribution in [2.75, 3.05) is 33.2 Å². The lowest BCUT2D eigenvalue weighted by atomic mass is 9.96. The van der Waals surface area contributed by atoms with Gasteiger partial charge in [0.2, 0.25) is 0 Å². The van der Waals surface area contributed by atoms with Gasteiger partial charge in [-0.05, 0) is 25.8 Å². The quantitative estimate of drug-likeness (QED) is 0.563. The maximum absolute atomic E-state index is 13.1. The first kappa shape index (κ1) is 22.0. The zero-order valence-electron chi connectivity index (χ0n) is 18.1. The number of hydrogen-bond acceptors (Lipinski definition) is 4. The summed E-state index contributed by atoms with van der Waals surface area (Å²) >= 11 is 0. The molecular formula is C22H30N4O4S. The Morgan fingerprint density at radius 3 is 2.35 bits per heavy atom. The number of H-pyrrole nitrogens is 1. The smallest absolute Gasteiger partial charge is 0.295 e. The second-order valence-electron chi connectivity index (χ2n) is 8.51. The van der Waals surface area contributed by atoms with Crippen molar-refractivity contribution in [3.63, 3.8) is 0 Å². The van der Waals surface area contributed by atoms with E-state index in [1.54, 1.807) is 14.0 Å². The number of Topliss-reactive ketones (excluding diaryl/α,β-unsaturated/α-hetero) is 1. The highest BCUT2D eigenvalue weighted by molar-refractivity contribution is 7.86. The Kier molecular flexibility index (Phi) is 6.18. The number of piperazine rings is 1. The second-order valence-corrected chi connectivity index (χ2v) is 10.5. The molecule has 168 valence electrons. The van der Waals surface area contributed by atoms with Gasteiger partial charge in [-0.2, -0.15) is 17.0 Å². The van der Waals surface area contributed by atoms with E-state index < -0.39 is 21.9 Å². The average molecular weight is 447 g/mol. The summed E-state index contributed by atoms with van der Waals surface area (Å²) in [4.78, 5) is 30.5. The van der Waals surface area contributed by atoms with Crippen LogP contribution in [0.1, 0.15) is 48.2 Å². The summed E-state index contributed by atoms with van der Waals surface area (Å²) in [7, 11) is -1.91. The molecule has 1 N–H and O–H groups in total. The number of ketones is 1. The predicted octanol–water partition coefficient (Wildman–Crippen LogP) is 2.31. The Balaban J connectivity index is 1.42. The van der Waals surface area contributed by atoms with Gasteiger partial charge in [0.15, 0.2) is 0 Å². The fraction of sp³-hybridized carbons (Fsp3) is 0.545. The Labute approximate surface area is 183 Å². The standard InChI is InChI=1S/C22H30N4O4S/c1-16-20(18-10-6-7-11-19(18)23-16)21(27)22(28)25-12-14-26(15-13-25)31(29,30)24(2)17-8-4-3-5-9-17/h6-7,10-11,17,23H,3-5,8-9,12-15H2,1-2H3. The molecule has 2 aliphatic rings. The lowest BCUT2D eigenvalue weighted by Gasteiger charge is -2.38. The van der Waals surface area contributed by atoms with E-state index in [2.05, 4.69) is 4.98 Å². The highest BCUT2D eigenvalue weighted by Gasteiger charge is 2.36. The van der Waals surface area contributed by atoms with Crippen molar-refractivity contribution in [3.05, 3.63) is 35.5 Å². The number of rotatable bonds is 5. The molecule has 0 atom stereocenters. The molecule has 0 spiro atoms. The zero-order valence-corrected chi connectivity index (χ0v) is 19.0. The summed E-state index contributed by atoms with van der Waals surface area (Å²) in [6, 6.07) is 7.45. The molecule has 1 saturated carbocycles. The Bertz CT molecular complexity index is 1080. The van der Waals surface area contributed by atoms with Crippen LogP contribution in [0.3, 0.4) is 0 Å². The molecule has 0 unspecified atom stereocenters. The zero-order chi connectivity index (χ0) is 22.2. The third kappa shape index (κ3) is 4.14. The van der Waals surface area contributed by atoms with Crippen LogP contribution in [0.5, 0.6) is 0 Å². The van der Waals surface area contributed by atoms with Gasteiger partial charge in [0.05, 0.1) is 5.56 Å². The third-order valence-electron chi connectivity index (χ3n) is 6.62. The first-order valence-corrected chi connectivity index (χ1v) is 12.3. The van der Waals surface area contributed by atoms with Crippen molar-refractivity contribution in [1.29, 1.82) is 0 Å². The largest absolute Gasteiger partial charge is 0.358 e. The van der Waals surface area contributed by atoms with E-state index in [1.807, 2.05) is 24.3 Å². The van der Waals surface area contributed by atoms with Gasteiger partial charge in [-0.1, -0.05) is 37.5 Å². The van der Waals surface area contributed by atoms with Gasteiger partial charge >= 0.3 is 0 Å². The monoisotopic (exact) mass is 446 g/mol. The van der Waals surface area contributed by atoms with Gasteiger partial charge in [-0.3, -0.25) is 9.59 Å². The number of carbonyl (C=O) groups excluding carboxylic acids is 2. The SMILES string of the molecule is Cc1[nH]c2ccccc2c1C(=O)C(=O)N1CCN(S(=O)(=O)N(C)C2CCCCC2)CC1. The minimum atomic E-state index is -3.57. The van der Waals surface area contributed by atoms with Crippen molar-refractivity contribution in [1.82, 2.24) is 18.5 Å². The highest BCUT2D eigenvalue weighted by Crippen LogP contribution is 2.26. The Morgan fingerprint density at radius 2 is 1.68 bits per heavy atom. The van der Waals surface area contributed by atoms with Crippen LogP contribution in [0.25, 0.3) is 10.9 Å². The van der Waals surface area contributed by atoms with Crippen molar-refractivity contribution in [2.45, 2.75) is 45.1 Å². The van der Waals surface area contributed by atoms with E-state index in [0.717, 1.165) is 43.0 Å². The first-order chi connectivity index (χ1) is 14.8. The lowest BCUT2D eigenvalue weighted by Crippen LogP contribution is -2.56. The van der Waals surface area contributed by atoms with Gasteiger partial charge in [-0.25, -0.2) is 0 Å². The summed E-state index contributed by atoms with van der Waals surface area (Å²) in [5.41, 5.74) is 1.88. The van der Waals surface area contributed by atoms with Crippen molar-refractivity contribution in [3.8, 4) is 0 Å². The third-order valence-corrected chi connectivity index (χ3v) is 8.66. The highest BCUT2D eigenvalue weighted by atomic mass is 32.2. The lowest BCUT2D eigenvalue weighted by molar-refractivity contribution is -0.127. The van der Waals surface area contributed by atoms with Crippen LogP contribution in [0.15, 0.2) is 24.3 Å². The van der Waals surface area contributed by atoms with Gasteiger partial charge in [-0.15, -0.1) is 0 Å². The molecule has 0 radical (unpaired) electrons. The molecule has 2 aromatic rings. The molecular weight excluding hydrogens is 416 g/mol. The van der Waals surface area contributed by atoms with Crippen LogP contribution >= 0.6 is 0 Å². The number of para-hydroxylation sites is 1. The number of hydrogen-bond donors (Lipinski definition) is 1. The molecule has 31 heavy (non-hydrogen) atoms. The van der Waals surface area contributed by atoms with Gasteiger partial charge in [0, 0.05) is 55.9 Å². The molecule has 0 bridgehead atoms. The fourth-order valence-corrected chi connectivity index (χ4v) is 6.33. The molecule has 8 nitrogen and oxygen atoms in total. The van der Waals surface area contributed by atoms with Crippen molar-refractivity contribution >= 4 is 32.8 Å². The molecule has 1 saturated heterocycles. The van der Waals surface area contributed by atoms with Gasteiger partial charge in [0.25, 0.3) is 21.9 Å². The minimum Gasteiger partial charge on any atom is -0.358 e. The van der Waals surface area contributed by atoms with Crippen LogP contribution in [0.4, 0.5) is 0 Å². The molecule has 1 aromatic heterocycles. The van der Waals surface area contributed by atoms with Crippen LogP contribution in [0, 0.1) is 6.92 Å². The molecule has 2 heterocycles. The van der Waals surface area contributed by atoms with E-state index in [9.17, 15) is 18.0 Å². The normalized spacial score (nSPS) is 19.3. The van der Waals surface area contributed by atoms with Crippen molar-refractivity contribution < 1.29 is 18.0 Å². The molecule has 4 rings (SSSR count). The number of aromatic amines is 1. The number of benzene rings is 1. The van der Waals surface area contributed by atoms with Crippen LogP contribution in [0.2, 0.25) is 0 Å². The van der Waals surface area contributed by atoms with E-state index >= 15 is 0 Å².